The maximum Gasteiger partial charge on any atom is 0.267 e. The zero-order valence-electron chi connectivity index (χ0n) is 13.9. The molecule has 1 aromatic carbocycles. The maximum absolute atomic E-state index is 12.7. The van der Waals surface area contributed by atoms with Crippen LogP contribution < -0.4 is 14.2 Å². The van der Waals surface area contributed by atoms with Crippen molar-refractivity contribution in [1.82, 2.24) is 15.1 Å². The molecule has 2 aromatic rings. The highest BCUT2D eigenvalue weighted by atomic mass is 16.6. The van der Waals surface area contributed by atoms with Crippen molar-refractivity contribution in [3.05, 3.63) is 42.1 Å². The minimum absolute atomic E-state index is 0.0735. The van der Waals surface area contributed by atoms with Crippen LogP contribution in [0.4, 0.5) is 0 Å². The topological polar surface area (TPSA) is 73.8 Å². The van der Waals surface area contributed by atoms with Gasteiger partial charge in [0.1, 0.15) is 12.7 Å². The standard InChI is InChI=1S/C18H19N3O4/c1-12-6-7-17(20-19-12)24-13-8-9-21(10-13)18(22)16-11-23-14-4-2-3-5-15(14)25-16/h2-7,13,16H,8-11H2,1H3. The Kier molecular flexibility index (Phi) is 4.13. The first kappa shape index (κ1) is 15.7. The molecule has 4 rings (SSSR count). The molecule has 2 atom stereocenters. The molecule has 7 nitrogen and oxygen atoms in total. The normalized spacial score (nSPS) is 21.9. The Labute approximate surface area is 145 Å². The maximum atomic E-state index is 12.7. The molecule has 1 fully saturated rings. The molecule has 2 aliphatic heterocycles. The zero-order valence-corrected chi connectivity index (χ0v) is 13.9. The van der Waals surface area contributed by atoms with Crippen LogP contribution in [-0.2, 0) is 4.79 Å². The Morgan fingerprint density at radius 2 is 2.04 bits per heavy atom. The van der Waals surface area contributed by atoms with E-state index in [-0.39, 0.29) is 18.6 Å². The van der Waals surface area contributed by atoms with E-state index in [0.717, 1.165) is 12.1 Å². The summed E-state index contributed by atoms with van der Waals surface area (Å²) in [6.07, 6.45) is 0.0522. The number of rotatable bonds is 3. The number of fused-ring (bicyclic) bond motifs is 1. The summed E-state index contributed by atoms with van der Waals surface area (Å²) in [5, 5.41) is 7.98. The first-order chi connectivity index (χ1) is 12.2. The number of hydrogen-bond donors (Lipinski definition) is 0. The molecule has 0 spiro atoms. The Morgan fingerprint density at radius 3 is 2.84 bits per heavy atom. The number of aromatic nitrogens is 2. The number of hydrogen-bond acceptors (Lipinski definition) is 6. The van der Waals surface area contributed by atoms with E-state index in [1.165, 1.54) is 0 Å². The predicted molar refractivity (Wildman–Crippen MR) is 88.7 cm³/mol. The molecule has 130 valence electrons. The predicted octanol–water partition coefficient (Wildman–Crippen LogP) is 1.60. The molecule has 2 aliphatic rings. The third kappa shape index (κ3) is 3.35. The second-order valence-electron chi connectivity index (χ2n) is 6.19. The summed E-state index contributed by atoms with van der Waals surface area (Å²) in [6.45, 7) is 3.23. The van der Waals surface area contributed by atoms with E-state index >= 15 is 0 Å². The molecule has 0 bridgehead atoms. The molecule has 7 heteroatoms. The third-order valence-corrected chi connectivity index (χ3v) is 4.30. The Hall–Kier alpha value is -2.83. The lowest BCUT2D eigenvalue weighted by Crippen LogP contribution is -2.46. The highest BCUT2D eigenvalue weighted by Gasteiger charge is 2.35. The summed E-state index contributed by atoms with van der Waals surface area (Å²) < 4.78 is 17.2. The Morgan fingerprint density at radius 1 is 1.20 bits per heavy atom. The summed E-state index contributed by atoms with van der Waals surface area (Å²) in [5.74, 6) is 1.69. The number of aryl methyl sites for hydroxylation is 1. The van der Waals surface area contributed by atoms with Gasteiger partial charge in [-0.2, -0.15) is 5.10 Å². The summed E-state index contributed by atoms with van der Waals surface area (Å²) in [4.78, 5) is 14.4. The van der Waals surface area contributed by atoms with Crippen molar-refractivity contribution in [1.29, 1.82) is 0 Å². The Balaban J connectivity index is 1.35. The van der Waals surface area contributed by atoms with Gasteiger partial charge in [-0.05, 0) is 25.1 Å². The van der Waals surface area contributed by atoms with Crippen LogP contribution in [0.2, 0.25) is 0 Å². The number of benzene rings is 1. The number of para-hydroxylation sites is 2. The van der Waals surface area contributed by atoms with Gasteiger partial charge in [-0.1, -0.05) is 12.1 Å². The average molecular weight is 341 g/mol. The number of likely N-dealkylation sites (tertiary alicyclic amines) is 1. The molecule has 0 saturated carbocycles. The molecule has 2 unspecified atom stereocenters. The second-order valence-corrected chi connectivity index (χ2v) is 6.19. The SMILES string of the molecule is Cc1ccc(OC2CCN(C(=O)C3COc4ccccc4O3)C2)nn1. The fourth-order valence-corrected chi connectivity index (χ4v) is 2.99. The second kappa shape index (κ2) is 6.58. The van der Waals surface area contributed by atoms with E-state index in [1.54, 1.807) is 17.0 Å². The molecular weight excluding hydrogens is 322 g/mol. The molecule has 0 radical (unpaired) electrons. The number of amides is 1. The van der Waals surface area contributed by atoms with E-state index < -0.39 is 6.10 Å². The van der Waals surface area contributed by atoms with Crippen molar-refractivity contribution >= 4 is 5.91 Å². The van der Waals surface area contributed by atoms with Gasteiger partial charge >= 0.3 is 0 Å². The van der Waals surface area contributed by atoms with Crippen LogP contribution in [0.25, 0.3) is 0 Å². The summed E-state index contributed by atoms with van der Waals surface area (Å²) in [5.41, 5.74) is 0.838. The molecule has 1 saturated heterocycles. The van der Waals surface area contributed by atoms with Crippen molar-refractivity contribution in [3.8, 4) is 17.4 Å². The van der Waals surface area contributed by atoms with Crippen molar-refractivity contribution in [2.24, 2.45) is 0 Å². The molecule has 3 heterocycles. The van der Waals surface area contributed by atoms with Crippen molar-refractivity contribution in [2.75, 3.05) is 19.7 Å². The molecule has 25 heavy (non-hydrogen) atoms. The lowest BCUT2D eigenvalue weighted by Gasteiger charge is -2.28. The molecule has 0 N–H and O–H groups in total. The first-order valence-electron chi connectivity index (χ1n) is 8.33. The smallest absolute Gasteiger partial charge is 0.267 e. The van der Waals surface area contributed by atoms with Crippen LogP contribution in [0.5, 0.6) is 17.4 Å². The summed E-state index contributed by atoms with van der Waals surface area (Å²) in [6, 6.07) is 11.0. The number of ether oxygens (including phenoxy) is 3. The molecule has 1 amide bonds. The fourth-order valence-electron chi connectivity index (χ4n) is 2.99. The van der Waals surface area contributed by atoms with Gasteiger partial charge in [-0.25, -0.2) is 0 Å². The van der Waals surface area contributed by atoms with Crippen LogP contribution in [-0.4, -0.2) is 52.9 Å². The van der Waals surface area contributed by atoms with Gasteiger partial charge < -0.3 is 19.1 Å². The molecule has 1 aromatic heterocycles. The van der Waals surface area contributed by atoms with Gasteiger partial charge in [0.05, 0.1) is 12.2 Å². The van der Waals surface area contributed by atoms with E-state index in [1.807, 2.05) is 31.2 Å². The highest BCUT2D eigenvalue weighted by molar-refractivity contribution is 5.82. The monoisotopic (exact) mass is 341 g/mol. The molecular formula is C18H19N3O4. The summed E-state index contributed by atoms with van der Waals surface area (Å²) >= 11 is 0. The number of carbonyl (C=O) groups excluding carboxylic acids is 1. The van der Waals surface area contributed by atoms with E-state index in [0.29, 0.717) is 30.5 Å². The van der Waals surface area contributed by atoms with E-state index in [9.17, 15) is 4.79 Å². The quantitative estimate of drug-likeness (QED) is 0.844. The highest BCUT2D eigenvalue weighted by Crippen LogP contribution is 2.31. The van der Waals surface area contributed by atoms with E-state index in [4.69, 9.17) is 14.2 Å². The van der Waals surface area contributed by atoms with Gasteiger partial charge in [-0.15, -0.1) is 5.10 Å². The van der Waals surface area contributed by atoms with Crippen molar-refractivity contribution in [2.45, 2.75) is 25.6 Å². The third-order valence-electron chi connectivity index (χ3n) is 4.30. The first-order valence-corrected chi connectivity index (χ1v) is 8.33. The van der Waals surface area contributed by atoms with Crippen LogP contribution in [0.1, 0.15) is 12.1 Å². The lowest BCUT2D eigenvalue weighted by molar-refractivity contribution is -0.140. The number of nitrogens with zero attached hydrogens (tertiary/aromatic N) is 3. The van der Waals surface area contributed by atoms with Gasteiger partial charge in [0, 0.05) is 19.0 Å². The summed E-state index contributed by atoms with van der Waals surface area (Å²) in [7, 11) is 0. The van der Waals surface area contributed by atoms with Gasteiger partial charge in [0.25, 0.3) is 5.91 Å². The van der Waals surface area contributed by atoms with Gasteiger partial charge in [0.2, 0.25) is 12.0 Å². The van der Waals surface area contributed by atoms with Crippen molar-refractivity contribution < 1.29 is 19.0 Å². The average Bonchev–Trinajstić information content (AvgIpc) is 3.11. The minimum atomic E-state index is -0.618. The molecule has 0 aliphatic carbocycles. The van der Waals surface area contributed by atoms with Gasteiger partial charge in [0.15, 0.2) is 11.5 Å². The zero-order chi connectivity index (χ0) is 17.2. The van der Waals surface area contributed by atoms with Crippen LogP contribution in [0.15, 0.2) is 36.4 Å². The van der Waals surface area contributed by atoms with Gasteiger partial charge in [-0.3, -0.25) is 4.79 Å². The van der Waals surface area contributed by atoms with Crippen LogP contribution in [0.3, 0.4) is 0 Å². The fraction of sp³-hybridized carbons (Fsp3) is 0.389. The minimum Gasteiger partial charge on any atom is -0.485 e. The van der Waals surface area contributed by atoms with Crippen LogP contribution in [0, 0.1) is 6.92 Å². The van der Waals surface area contributed by atoms with E-state index in [2.05, 4.69) is 10.2 Å². The van der Waals surface area contributed by atoms with Crippen molar-refractivity contribution in [3.63, 3.8) is 0 Å². The Bertz CT molecular complexity index is 765. The lowest BCUT2D eigenvalue weighted by atomic mass is 10.2. The number of carbonyl (C=O) groups is 1. The largest absolute Gasteiger partial charge is 0.485 e. The van der Waals surface area contributed by atoms with Crippen LogP contribution >= 0.6 is 0 Å².